The molecule has 134 valence electrons. The predicted molar refractivity (Wildman–Crippen MR) is 102 cm³/mol. The number of carbonyl (C=O) groups excluding carboxylic acids is 1. The number of anilines is 1. The van der Waals surface area contributed by atoms with Crippen molar-refractivity contribution in [1.82, 2.24) is 14.8 Å². The molecule has 3 aromatic rings. The van der Waals surface area contributed by atoms with Crippen LogP contribution in [0.2, 0.25) is 0 Å². The Hall–Kier alpha value is -3.15. The summed E-state index contributed by atoms with van der Waals surface area (Å²) >= 11 is 0. The second-order valence-electron chi connectivity index (χ2n) is 6.55. The first-order chi connectivity index (χ1) is 12.3. The molecule has 0 saturated heterocycles. The van der Waals surface area contributed by atoms with Crippen molar-refractivity contribution in [3.63, 3.8) is 0 Å². The van der Waals surface area contributed by atoms with Crippen molar-refractivity contribution in [2.75, 3.05) is 5.32 Å². The highest BCUT2D eigenvalue weighted by Gasteiger charge is 2.11. The summed E-state index contributed by atoms with van der Waals surface area (Å²) in [5.74, 6) is -0.207. The molecule has 0 saturated carbocycles. The van der Waals surface area contributed by atoms with E-state index < -0.39 is 0 Å². The summed E-state index contributed by atoms with van der Waals surface area (Å²) < 4.78 is 1.94. The fourth-order valence-corrected chi connectivity index (χ4v) is 3.00. The summed E-state index contributed by atoms with van der Waals surface area (Å²) in [6, 6.07) is 11.0. The van der Waals surface area contributed by atoms with E-state index in [-0.39, 0.29) is 11.5 Å². The van der Waals surface area contributed by atoms with Gasteiger partial charge in [0.15, 0.2) is 0 Å². The summed E-state index contributed by atoms with van der Waals surface area (Å²) in [7, 11) is 0. The van der Waals surface area contributed by atoms with Crippen molar-refractivity contribution in [1.29, 1.82) is 0 Å². The van der Waals surface area contributed by atoms with Crippen molar-refractivity contribution in [3.05, 3.63) is 80.5 Å². The molecule has 0 unspecified atom stereocenters. The number of aromatic nitrogens is 3. The Morgan fingerprint density at radius 2 is 1.81 bits per heavy atom. The molecule has 0 aliphatic carbocycles. The third-order valence-corrected chi connectivity index (χ3v) is 4.32. The number of benzene rings is 1. The van der Waals surface area contributed by atoms with E-state index in [9.17, 15) is 9.59 Å². The topological polar surface area (TPSA) is 79.8 Å². The second-order valence-corrected chi connectivity index (χ2v) is 6.55. The summed E-state index contributed by atoms with van der Waals surface area (Å²) in [5, 5.41) is 7.33. The number of aromatic amines is 1. The fourth-order valence-electron chi connectivity index (χ4n) is 3.00. The van der Waals surface area contributed by atoms with E-state index in [1.54, 1.807) is 26.0 Å². The van der Waals surface area contributed by atoms with Crippen molar-refractivity contribution in [3.8, 4) is 0 Å². The minimum absolute atomic E-state index is 0.175. The molecule has 2 heterocycles. The van der Waals surface area contributed by atoms with Gasteiger partial charge in [-0.1, -0.05) is 12.1 Å². The zero-order valence-electron chi connectivity index (χ0n) is 15.4. The number of aryl methyl sites for hydroxylation is 4. The highest BCUT2D eigenvalue weighted by atomic mass is 16.1. The maximum Gasteiger partial charge on any atom is 0.255 e. The lowest BCUT2D eigenvalue weighted by Gasteiger charge is -2.11. The normalized spacial score (nSPS) is 10.8. The number of nitrogens with zero attached hydrogens (tertiary/aromatic N) is 2. The van der Waals surface area contributed by atoms with Crippen LogP contribution >= 0.6 is 0 Å². The molecule has 0 aliphatic rings. The number of nitrogens with one attached hydrogen (secondary N) is 2. The van der Waals surface area contributed by atoms with Gasteiger partial charge in [-0.05, 0) is 57.0 Å². The molecular weight excluding hydrogens is 328 g/mol. The Morgan fingerprint density at radius 3 is 2.38 bits per heavy atom. The number of amides is 1. The van der Waals surface area contributed by atoms with Crippen molar-refractivity contribution in [2.45, 2.75) is 34.2 Å². The third-order valence-electron chi connectivity index (χ3n) is 4.32. The van der Waals surface area contributed by atoms with Gasteiger partial charge in [-0.2, -0.15) is 5.10 Å². The standard InChI is InChI=1S/C20H22N4O2/c1-12-9-18(25)21-15(4)19(12)22-20(26)17-7-5-16(6-8-17)11-24-14(3)10-13(2)23-24/h5-10H,11H2,1-4H3,(H,21,25)(H,22,26). The van der Waals surface area contributed by atoms with Gasteiger partial charge in [0.05, 0.1) is 17.9 Å². The lowest BCUT2D eigenvalue weighted by molar-refractivity contribution is 0.102. The van der Waals surface area contributed by atoms with Crippen LogP contribution in [0.4, 0.5) is 5.69 Å². The second kappa shape index (κ2) is 7.00. The van der Waals surface area contributed by atoms with Gasteiger partial charge in [0.2, 0.25) is 5.56 Å². The van der Waals surface area contributed by atoms with Crippen LogP contribution in [-0.4, -0.2) is 20.7 Å². The van der Waals surface area contributed by atoms with E-state index in [1.807, 2.05) is 36.7 Å². The van der Waals surface area contributed by atoms with E-state index in [4.69, 9.17) is 0 Å². The SMILES string of the molecule is Cc1cc(C)n(Cc2ccc(C(=O)Nc3c(C)cc(=O)[nH]c3C)cc2)n1. The van der Waals surface area contributed by atoms with Gasteiger partial charge >= 0.3 is 0 Å². The lowest BCUT2D eigenvalue weighted by atomic mass is 10.1. The number of pyridine rings is 1. The average Bonchev–Trinajstić information content (AvgIpc) is 2.88. The Balaban J connectivity index is 1.75. The Morgan fingerprint density at radius 1 is 1.12 bits per heavy atom. The monoisotopic (exact) mass is 350 g/mol. The first-order valence-electron chi connectivity index (χ1n) is 8.45. The van der Waals surface area contributed by atoms with Gasteiger partial charge in [-0.25, -0.2) is 0 Å². The largest absolute Gasteiger partial charge is 0.324 e. The third kappa shape index (κ3) is 3.74. The van der Waals surface area contributed by atoms with Gasteiger partial charge in [0, 0.05) is 23.0 Å². The van der Waals surface area contributed by atoms with Crippen LogP contribution in [0, 0.1) is 27.7 Å². The molecule has 1 amide bonds. The number of hydrogen-bond acceptors (Lipinski definition) is 3. The molecule has 0 aliphatic heterocycles. The van der Waals surface area contributed by atoms with E-state index in [0.29, 0.717) is 23.5 Å². The van der Waals surface area contributed by atoms with Gasteiger partial charge in [-0.15, -0.1) is 0 Å². The van der Waals surface area contributed by atoms with Gasteiger partial charge < -0.3 is 10.3 Å². The Bertz CT molecular complexity index is 987. The van der Waals surface area contributed by atoms with Crippen LogP contribution in [0.25, 0.3) is 0 Å². The number of hydrogen-bond donors (Lipinski definition) is 2. The molecule has 6 nitrogen and oxygen atoms in total. The number of rotatable bonds is 4. The molecule has 1 aromatic carbocycles. The van der Waals surface area contributed by atoms with Gasteiger partial charge in [0.25, 0.3) is 5.91 Å². The fraction of sp³-hybridized carbons (Fsp3) is 0.250. The number of H-pyrrole nitrogens is 1. The first-order valence-corrected chi connectivity index (χ1v) is 8.45. The van der Waals surface area contributed by atoms with E-state index in [0.717, 1.165) is 22.5 Å². The summed E-state index contributed by atoms with van der Waals surface area (Å²) in [6.07, 6.45) is 0. The van der Waals surface area contributed by atoms with E-state index in [2.05, 4.69) is 15.4 Å². The smallest absolute Gasteiger partial charge is 0.255 e. The van der Waals surface area contributed by atoms with Crippen LogP contribution in [-0.2, 0) is 6.54 Å². The van der Waals surface area contributed by atoms with Crippen LogP contribution in [0.3, 0.4) is 0 Å². The first kappa shape index (κ1) is 17.7. The lowest BCUT2D eigenvalue weighted by Crippen LogP contribution is -2.17. The maximum atomic E-state index is 12.5. The van der Waals surface area contributed by atoms with Crippen LogP contribution in [0.5, 0.6) is 0 Å². The maximum absolute atomic E-state index is 12.5. The number of carbonyl (C=O) groups is 1. The van der Waals surface area contributed by atoms with E-state index >= 15 is 0 Å². The summed E-state index contributed by atoms with van der Waals surface area (Å²) in [5.41, 5.74) is 5.58. The zero-order valence-corrected chi connectivity index (χ0v) is 15.4. The van der Waals surface area contributed by atoms with Crippen molar-refractivity contribution < 1.29 is 4.79 Å². The summed E-state index contributed by atoms with van der Waals surface area (Å²) in [4.78, 5) is 26.7. The highest BCUT2D eigenvalue weighted by molar-refractivity contribution is 6.04. The molecule has 0 atom stereocenters. The van der Waals surface area contributed by atoms with E-state index in [1.165, 1.54) is 6.07 Å². The molecule has 3 rings (SSSR count). The predicted octanol–water partition coefficient (Wildman–Crippen LogP) is 3.11. The van der Waals surface area contributed by atoms with Crippen LogP contribution in [0.1, 0.15) is 38.6 Å². The van der Waals surface area contributed by atoms with Crippen molar-refractivity contribution in [2.24, 2.45) is 0 Å². The highest BCUT2D eigenvalue weighted by Crippen LogP contribution is 2.17. The van der Waals surface area contributed by atoms with Crippen LogP contribution in [0.15, 0.2) is 41.2 Å². The Kier molecular flexibility index (Phi) is 4.75. The molecule has 0 fully saturated rings. The molecule has 0 radical (unpaired) electrons. The zero-order chi connectivity index (χ0) is 18.8. The molecule has 0 bridgehead atoms. The Labute approximate surface area is 151 Å². The molecule has 6 heteroatoms. The summed E-state index contributed by atoms with van der Waals surface area (Å²) in [6.45, 7) is 8.23. The minimum Gasteiger partial charge on any atom is -0.324 e. The molecule has 26 heavy (non-hydrogen) atoms. The van der Waals surface area contributed by atoms with Crippen molar-refractivity contribution >= 4 is 11.6 Å². The molecule has 2 N–H and O–H groups in total. The van der Waals surface area contributed by atoms with Crippen LogP contribution < -0.4 is 10.9 Å². The quantitative estimate of drug-likeness (QED) is 0.759. The van der Waals surface area contributed by atoms with Gasteiger partial charge in [0.1, 0.15) is 0 Å². The average molecular weight is 350 g/mol. The molecule has 2 aromatic heterocycles. The molecule has 0 spiro atoms. The van der Waals surface area contributed by atoms with Gasteiger partial charge in [-0.3, -0.25) is 14.3 Å². The molecular formula is C20H22N4O2. The minimum atomic E-state index is -0.207.